The van der Waals surface area contributed by atoms with E-state index in [9.17, 15) is 23.1 Å². The van der Waals surface area contributed by atoms with Crippen LogP contribution in [-0.2, 0) is 16.0 Å². The molecule has 0 aliphatic carbocycles. The van der Waals surface area contributed by atoms with Crippen LogP contribution in [0.1, 0.15) is 24.5 Å². The van der Waals surface area contributed by atoms with Gasteiger partial charge in [0.1, 0.15) is 6.54 Å². The van der Waals surface area contributed by atoms with Crippen LogP contribution in [0, 0.1) is 5.92 Å². The summed E-state index contributed by atoms with van der Waals surface area (Å²) in [5.74, 6) is -3.08. The molecule has 0 fully saturated rings. The number of hydrogen-bond acceptors (Lipinski definition) is 3. The standard InChI is InChI=1S/C22H23F3NO3/c1-2-29-20(27)21(28,22(23,24)25)18-12-13-26(15-18)19-11-7-6-10-17(19)14-16-8-4-3-5-9-16/h3-11,15,18,28H,2,12-14H2,1H3/q+1. The Hall–Kier alpha value is -2.67. The van der Waals surface area contributed by atoms with Crippen molar-refractivity contribution in [3.05, 3.63) is 65.7 Å². The number of halogens is 3. The van der Waals surface area contributed by atoms with Gasteiger partial charge in [0.2, 0.25) is 5.69 Å². The number of hydrogen-bond donors (Lipinski definition) is 1. The molecule has 4 nitrogen and oxygen atoms in total. The monoisotopic (exact) mass is 406 g/mol. The van der Waals surface area contributed by atoms with Crippen LogP contribution in [-0.4, -0.2) is 46.8 Å². The maximum Gasteiger partial charge on any atom is 0.429 e. The fourth-order valence-electron chi connectivity index (χ4n) is 3.64. The lowest BCUT2D eigenvalue weighted by Crippen LogP contribution is -2.58. The second-order valence-corrected chi connectivity index (χ2v) is 7.01. The Labute approximate surface area is 167 Å². The molecule has 0 saturated heterocycles. The van der Waals surface area contributed by atoms with E-state index in [-0.39, 0.29) is 19.6 Å². The number of benzene rings is 2. The molecular weight excluding hydrogens is 383 g/mol. The molecule has 0 bridgehead atoms. The summed E-state index contributed by atoms with van der Waals surface area (Å²) in [6.07, 6.45) is -3.24. The number of esters is 1. The van der Waals surface area contributed by atoms with Crippen molar-refractivity contribution in [3.63, 3.8) is 0 Å². The van der Waals surface area contributed by atoms with Crippen molar-refractivity contribution in [2.24, 2.45) is 5.92 Å². The summed E-state index contributed by atoms with van der Waals surface area (Å²) in [6, 6.07) is 17.2. The molecule has 0 spiro atoms. The Balaban J connectivity index is 1.94. The Morgan fingerprint density at radius 3 is 2.45 bits per heavy atom. The van der Waals surface area contributed by atoms with Crippen molar-refractivity contribution in [3.8, 4) is 0 Å². The largest absolute Gasteiger partial charge is 0.464 e. The molecule has 1 aliphatic heterocycles. The number of ether oxygens (including phenoxy) is 1. The number of alkyl halides is 3. The third-order valence-corrected chi connectivity index (χ3v) is 5.13. The summed E-state index contributed by atoms with van der Waals surface area (Å²) < 4.78 is 47.1. The van der Waals surface area contributed by atoms with E-state index >= 15 is 0 Å². The van der Waals surface area contributed by atoms with Gasteiger partial charge in [0.25, 0.3) is 5.60 Å². The lowest BCUT2D eigenvalue weighted by molar-refractivity contribution is -0.427. The van der Waals surface area contributed by atoms with Gasteiger partial charge >= 0.3 is 12.1 Å². The minimum absolute atomic E-state index is 0.0193. The van der Waals surface area contributed by atoms with Crippen LogP contribution in [0.3, 0.4) is 0 Å². The van der Waals surface area contributed by atoms with E-state index in [4.69, 9.17) is 0 Å². The lowest BCUT2D eigenvalue weighted by Gasteiger charge is -2.30. The minimum atomic E-state index is -5.14. The Bertz CT molecular complexity index is 896. The van der Waals surface area contributed by atoms with Gasteiger partial charge in [0.15, 0.2) is 6.21 Å². The van der Waals surface area contributed by atoms with E-state index < -0.39 is 23.7 Å². The molecule has 3 rings (SSSR count). The summed E-state index contributed by atoms with van der Waals surface area (Å²) in [6.45, 7) is 1.42. The Kier molecular flexibility index (Phi) is 6.07. The van der Waals surface area contributed by atoms with Crippen LogP contribution in [0.25, 0.3) is 0 Å². The molecule has 2 aromatic rings. The quantitative estimate of drug-likeness (QED) is 0.585. The van der Waals surface area contributed by atoms with Crippen molar-refractivity contribution in [2.75, 3.05) is 13.2 Å². The summed E-state index contributed by atoms with van der Waals surface area (Å²) >= 11 is 0. The van der Waals surface area contributed by atoms with Crippen molar-refractivity contribution >= 4 is 17.9 Å². The number of rotatable bonds is 6. The van der Waals surface area contributed by atoms with Gasteiger partial charge in [-0.3, -0.25) is 0 Å². The molecule has 0 saturated carbocycles. The normalized spacial score (nSPS) is 18.8. The summed E-state index contributed by atoms with van der Waals surface area (Å²) in [4.78, 5) is 12.0. The van der Waals surface area contributed by atoms with Crippen LogP contribution in [0.5, 0.6) is 0 Å². The zero-order valence-corrected chi connectivity index (χ0v) is 16.0. The van der Waals surface area contributed by atoms with Crippen LogP contribution in [0.2, 0.25) is 0 Å². The minimum Gasteiger partial charge on any atom is -0.464 e. The smallest absolute Gasteiger partial charge is 0.429 e. The van der Waals surface area contributed by atoms with Crippen LogP contribution >= 0.6 is 0 Å². The van der Waals surface area contributed by atoms with Crippen molar-refractivity contribution < 1.29 is 32.4 Å². The zero-order chi connectivity index (χ0) is 21.1. The van der Waals surface area contributed by atoms with Crippen molar-refractivity contribution in [2.45, 2.75) is 31.5 Å². The highest BCUT2D eigenvalue weighted by molar-refractivity contribution is 5.85. The molecule has 1 aliphatic rings. The molecule has 29 heavy (non-hydrogen) atoms. The first-order chi connectivity index (χ1) is 13.8. The third kappa shape index (κ3) is 4.19. The van der Waals surface area contributed by atoms with E-state index in [1.54, 1.807) is 4.58 Å². The predicted molar refractivity (Wildman–Crippen MR) is 102 cm³/mol. The van der Waals surface area contributed by atoms with Crippen LogP contribution in [0.15, 0.2) is 54.6 Å². The molecule has 2 unspecified atom stereocenters. The number of aliphatic hydroxyl groups is 1. The third-order valence-electron chi connectivity index (χ3n) is 5.13. The highest BCUT2D eigenvalue weighted by Gasteiger charge is 2.66. The van der Waals surface area contributed by atoms with Gasteiger partial charge in [-0.1, -0.05) is 48.5 Å². The van der Waals surface area contributed by atoms with E-state index in [0.717, 1.165) is 16.8 Å². The number of para-hydroxylation sites is 1. The highest BCUT2D eigenvalue weighted by Crippen LogP contribution is 2.40. The summed E-state index contributed by atoms with van der Waals surface area (Å²) in [5, 5.41) is 10.4. The molecule has 0 aromatic heterocycles. The first-order valence-corrected chi connectivity index (χ1v) is 9.47. The van der Waals surface area contributed by atoms with E-state index in [2.05, 4.69) is 4.74 Å². The summed E-state index contributed by atoms with van der Waals surface area (Å²) in [5.41, 5.74) is -0.782. The number of nitrogens with zero attached hydrogens (tertiary/aromatic N) is 1. The SMILES string of the molecule is CCOC(=O)C(O)(C1C=[N+](c2ccccc2Cc2ccccc2)CC1)C(F)(F)F. The Morgan fingerprint density at radius 1 is 1.14 bits per heavy atom. The fraction of sp³-hybridized carbons (Fsp3) is 0.364. The lowest BCUT2D eigenvalue weighted by atomic mass is 9.86. The van der Waals surface area contributed by atoms with Crippen molar-refractivity contribution in [1.29, 1.82) is 0 Å². The topological polar surface area (TPSA) is 49.5 Å². The van der Waals surface area contributed by atoms with Crippen LogP contribution in [0.4, 0.5) is 18.9 Å². The van der Waals surface area contributed by atoms with Crippen LogP contribution < -0.4 is 0 Å². The molecule has 7 heteroatoms. The van der Waals surface area contributed by atoms with E-state index in [1.165, 1.54) is 13.1 Å². The highest BCUT2D eigenvalue weighted by atomic mass is 19.4. The molecule has 0 amide bonds. The zero-order valence-electron chi connectivity index (χ0n) is 16.0. The maximum atomic E-state index is 13.6. The fourth-order valence-corrected chi connectivity index (χ4v) is 3.64. The van der Waals surface area contributed by atoms with Crippen molar-refractivity contribution in [1.82, 2.24) is 0 Å². The number of carbonyl (C=O) groups is 1. The van der Waals surface area contributed by atoms with Gasteiger partial charge in [-0.2, -0.15) is 13.2 Å². The van der Waals surface area contributed by atoms with Gasteiger partial charge in [-0.25, -0.2) is 9.37 Å². The molecule has 1 heterocycles. The molecule has 0 radical (unpaired) electrons. The number of carbonyl (C=O) groups excluding carboxylic acids is 1. The van der Waals surface area contributed by atoms with Gasteiger partial charge in [0.05, 0.1) is 12.5 Å². The second kappa shape index (κ2) is 8.37. The first-order valence-electron chi connectivity index (χ1n) is 9.47. The molecular formula is C22H23F3NO3+. The first kappa shape index (κ1) is 21.0. The molecule has 154 valence electrons. The molecule has 1 N–H and O–H groups in total. The van der Waals surface area contributed by atoms with E-state index in [0.29, 0.717) is 6.42 Å². The molecule has 2 atom stereocenters. The van der Waals surface area contributed by atoms with Gasteiger partial charge in [-0.05, 0) is 12.5 Å². The average Bonchev–Trinajstić information content (AvgIpc) is 3.18. The summed E-state index contributed by atoms with van der Waals surface area (Å²) in [7, 11) is 0. The average molecular weight is 406 g/mol. The van der Waals surface area contributed by atoms with Gasteiger partial charge in [-0.15, -0.1) is 0 Å². The van der Waals surface area contributed by atoms with Gasteiger partial charge < -0.3 is 9.84 Å². The molecule has 2 aromatic carbocycles. The van der Waals surface area contributed by atoms with Gasteiger partial charge in [0, 0.05) is 24.5 Å². The van der Waals surface area contributed by atoms with E-state index in [1.807, 2.05) is 54.6 Å². The second-order valence-electron chi connectivity index (χ2n) is 7.01. The predicted octanol–water partition coefficient (Wildman–Crippen LogP) is 3.87. The maximum absolute atomic E-state index is 13.6. The Morgan fingerprint density at radius 2 is 1.79 bits per heavy atom.